The number of rotatable bonds is 2. The van der Waals surface area contributed by atoms with E-state index in [1.54, 1.807) is 12.1 Å². The first-order valence-corrected chi connectivity index (χ1v) is 4.49. The molecule has 0 saturated carbocycles. The van der Waals surface area contributed by atoms with Gasteiger partial charge >= 0.3 is 11.7 Å². The minimum atomic E-state index is -1.12. The third kappa shape index (κ3) is 1.60. The number of para-hydroxylation sites is 1. The van der Waals surface area contributed by atoms with Crippen molar-refractivity contribution in [1.82, 2.24) is 9.78 Å². The van der Waals surface area contributed by atoms with Crippen LogP contribution in [0.3, 0.4) is 0 Å². The van der Waals surface area contributed by atoms with Crippen molar-refractivity contribution in [3.63, 3.8) is 0 Å². The second kappa shape index (κ2) is 3.65. The highest BCUT2D eigenvalue weighted by Gasteiger charge is 2.14. The first kappa shape index (κ1) is 10.2. The monoisotopic (exact) mass is 220 g/mol. The van der Waals surface area contributed by atoms with Crippen LogP contribution in [0.5, 0.6) is 0 Å². The predicted molar refractivity (Wildman–Crippen MR) is 53.8 cm³/mol. The average molecular weight is 220 g/mol. The quantitative estimate of drug-likeness (QED) is 0.810. The lowest BCUT2D eigenvalue weighted by molar-refractivity contribution is 0.0696. The van der Waals surface area contributed by atoms with E-state index in [-0.39, 0.29) is 17.1 Å². The lowest BCUT2D eigenvalue weighted by Crippen LogP contribution is -2.16. The van der Waals surface area contributed by atoms with Crippen molar-refractivity contribution < 1.29 is 14.3 Å². The van der Waals surface area contributed by atoms with Crippen LogP contribution in [0, 0.1) is 6.92 Å². The molecule has 0 saturated heterocycles. The molecule has 16 heavy (non-hydrogen) atoms. The molecular weight excluding hydrogens is 212 g/mol. The van der Waals surface area contributed by atoms with E-state index in [1.165, 1.54) is 19.1 Å². The van der Waals surface area contributed by atoms with E-state index in [9.17, 15) is 9.59 Å². The molecule has 0 fully saturated rings. The van der Waals surface area contributed by atoms with Crippen molar-refractivity contribution in [3.05, 3.63) is 46.3 Å². The fourth-order valence-electron chi connectivity index (χ4n) is 1.36. The van der Waals surface area contributed by atoms with Crippen molar-refractivity contribution in [1.29, 1.82) is 0 Å². The van der Waals surface area contributed by atoms with Gasteiger partial charge in [-0.15, -0.1) is 5.10 Å². The fourth-order valence-corrected chi connectivity index (χ4v) is 1.36. The van der Waals surface area contributed by atoms with Crippen LogP contribution >= 0.6 is 0 Å². The molecule has 1 aromatic heterocycles. The molecule has 0 aliphatic carbocycles. The second-order valence-electron chi connectivity index (χ2n) is 3.12. The molecular formula is C10H8N2O4. The minimum absolute atomic E-state index is 0.00194. The first-order chi connectivity index (χ1) is 7.59. The molecule has 0 amide bonds. The van der Waals surface area contributed by atoms with Crippen LogP contribution in [-0.4, -0.2) is 20.9 Å². The highest BCUT2D eigenvalue weighted by molar-refractivity contribution is 5.91. The summed E-state index contributed by atoms with van der Waals surface area (Å²) in [6.45, 7) is 1.52. The molecule has 0 unspecified atom stereocenters. The number of nitrogens with zero attached hydrogens (tertiary/aromatic N) is 2. The summed E-state index contributed by atoms with van der Waals surface area (Å²) in [7, 11) is 0. The number of benzene rings is 1. The zero-order valence-corrected chi connectivity index (χ0v) is 8.38. The second-order valence-corrected chi connectivity index (χ2v) is 3.12. The van der Waals surface area contributed by atoms with Crippen molar-refractivity contribution in [2.75, 3.05) is 0 Å². The van der Waals surface area contributed by atoms with Crippen LogP contribution in [-0.2, 0) is 0 Å². The smallest absolute Gasteiger partial charge is 0.441 e. The van der Waals surface area contributed by atoms with Gasteiger partial charge in [0.1, 0.15) is 0 Å². The van der Waals surface area contributed by atoms with E-state index in [2.05, 4.69) is 5.10 Å². The van der Waals surface area contributed by atoms with Gasteiger partial charge in [0.25, 0.3) is 0 Å². The molecule has 1 N–H and O–H groups in total. The maximum absolute atomic E-state index is 11.4. The van der Waals surface area contributed by atoms with Crippen LogP contribution in [0.15, 0.2) is 33.5 Å². The Bertz CT molecular complexity index is 597. The SMILES string of the molecule is Cc1nn(-c2ccccc2C(=O)O)c(=O)o1. The van der Waals surface area contributed by atoms with Gasteiger partial charge in [0, 0.05) is 6.92 Å². The molecule has 1 heterocycles. The van der Waals surface area contributed by atoms with Crippen LogP contribution in [0.1, 0.15) is 16.2 Å². The molecule has 0 bridgehead atoms. The number of aromatic nitrogens is 2. The number of carbonyl (C=O) groups is 1. The maximum atomic E-state index is 11.4. The highest BCUT2D eigenvalue weighted by atomic mass is 16.4. The molecule has 0 radical (unpaired) electrons. The van der Waals surface area contributed by atoms with Crippen LogP contribution in [0.4, 0.5) is 0 Å². The van der Waals surface area contributed by atoms with Crippen LogP contribution in [0.2, 0.25) is 0 Å². The van der Waals surface area contributed by atoms with Gasteiger partial charge in [-0.1, -0.05) is 12.1 Å². The minimum Gasteiger partial charge on any atom is -0.478 e. The molecule has 6 nitrogen and oxygen atoms in total. The number of hydrogen-bond donors (Lipinski definition) is 1. The number of hydrogen-bond acceptors (Lipinski definition) is 4. The van der Waals surface area contributed by atoms with Gasteiger partial charge in [-0.2, -0.15) is 4.68 Å². The Kier molecular flexibility index (Phi) is 2.32. The van der Waals surface area contributed by atoms with Gasteiger partial charge in [-0.25, -0.2) is 9.59 Å². The Labute approximate surface area is 89.7 Å². The summed E-state index contributed by atoms with van der Waals surface area (Å²) in [5.74, 6) is -1.64. The molecule has 0 aliphatic rings. The molecule has 2 aromatic rings. The third-order valence-corrected chi connectivity index (χ3v) is 2.01. The van der Waals surface area contributed by atoms with Gasteiger partial charge in [-0.05, 0) is 12.1 Å². The predicted octanol–water partition coefficient (Wildman–Crippen LogP) is 0.832. The van der Waals surface area contributed by atoms with Gasteiger partial charge in [-0.3, -0.25) is 0 Å². The molecule has 1 aromatic carbocycles. The van der Waals surface area contributed by atoms with Crippen molar-refractivity contribution in [2.45, 2.75) is 6.92 Å². The van der Waals surface area contributed by atoms with Gasteiger partial charge in [0.05, 0.1) is 11.3 Å². The number of aryl methyl sites for hydroxylation is 1. The van der Waals surface area contributed by atoms with Crippen LogP contribution in [0.25, 0.3) is 5.69 Å². The van der Waals surface area contributed by atoms with Crippen molar-refractivity contribution in [3.8, 4) is 5.69 Å². The standard InChI is InChI=1S/C10H8N2O4/c1-6-11-12(10(15)16-6)8-5-3-2-4-7(8)9(13)14/h2-5H,1H3,(H,13,14). The largest absolute Gasteiger partial charge is 0.478 e. The first-order valence-electron chi connectivity index (χ1n) is 4.49. The summed E-state index contributed by atoms with van der Waals surface area (Å²) >= 11 is 0. The average Bonchev–Trinajstić information content (AvgIpc) is 2.57. The summed E-state index contributed by atoms with van der Waals surface area (Å²) in [5.41, 5.74) is 0.190. The molecule has 2 rings (SSSR count). The van der Waals surface area contributed by atoms with Crippen molar-refractivity contribution >= 4 is 5.97 Å². The van der Waals surface area contributed by atoms with Gasteiger partial charge in [0.2, 0.25) is 5.89 Å². The normalized spacial score (nSPS) is 10.3. The van der Waals surface area contributed by atoms with Gasteiger partial charge < -0.3 is 9.52 Å². The number of carboxylic acids is 1. The third-order valence-electron chi connectivity index (χ3n) is 2.01. The highest BCUT2D eigenvalue weighted by Crippen LogP contribution is 2.11. The Morgan fingerprint density at radius 1 is 1.44 bits per heavy atom. The summed E-state index contributed by atoms with van der Waals surface area (Å²) in [6, 6.07) is 6.09. The van der Waals surface area contributed by atoms with Crippen molar-refractivity contribution in [2.24, 2.45) is 0 Å². The number of carboxylic acid groups (broad SMARTS) is 1. The zero-order chi connectivity index (χ0) is 11.7. The Morgan fingerprint density at radius 2 is 2.12 bits per heavy atom. The molecule has 0 atom stereocenters. The molecule has 6 heteroatoms. The van der Waals surface area contributed by atoms with E-state index in [1.807, 2.05) is 0 Å². The van der Waals surface area contributed by atoms with Crippen LogP contribution < -0.4 is 5.76 Å². The lowest BCUT2D eigenvalue weighted by Gasteiger charge is -2.02. The summed E-state index contributed by atoms with van der Waals surface area (Å²) in [4.78, 5) is 22.3. The topological polar surface area (TPSA) is 85.3 Å². The molecule has 0 aliphatic heterocycles. The lowest BCUT2D eigenvalue weighted by atomic mass is 10.2. The zero-order valence-electron chi connectivity index (χ0n) is 8.38. The summed E-state index contributed by atoms with van der Waals surface area (Å²) < 4.78 is 5.64. The Morgan fingerprint density at radius 3 is 2.69 bits per heavy atom. The van der Waals surface area contributed by atoms with E-state index < -0.39 is 11.7 Å². The van der Waals surface area contributed by atoms with E-state index in [0.717, 1.165) is 4.68 Å². The molecule has 0 spiro atoms. The fraction of sp³-hybridized carbons (Fsp3) is 0.100. The maximum Gasteiger partial charge on any atom is 0.441 e. The summed E-state index contributed by atoms with van der Waals surface area (Å²) in [6.07, 6.45) is 0. The van der Waals surface area contributed by atoms with E-state index >= 15 is 0 Å². The Balaban J connectivity index is 2.69. The number of aromatic carboxylic acids is 1. The summed E-state index contributed by atoms with van der Waals surface area (Å²) in [5, 5.41) is 12.7. The van der Waals surface area contributed by atoms with Gasteiger partial charge in [0.15, 0.2) is 0 Å². The van der Waals surface area contributed by atoms with E-state index in [0.29, 0.717) is 0 Å². The Hall–Kier alpha value is -2.37. The molecule has 82 valence electrons. The van der Waals surface area contributed by atoms with E-state index in [4.69, 9.17) is 9.52 Å².